The zero-order valence-electron chi connectivity index (χ0n) is 14.3. The number of amides is 1. The summed E-state index contributed by atoms with van der Waals surface area (Å²) in [6, 6.07) is 2.16. The molecule has 1 N–H and O–H groups in total. The number of nitrogens with one attached hydrogen (secondary N) is 1. The lowest BCUT2D eigenvalue weighted by Crippen LogP contribution is -2.53. The molecule has 0 bridgehead atoms. The number of hydrogen-bond donors (Lipinski definition) is 1. The number of aromatic nitrogens is 2. The number of likely N-dealkylation sites (tertiary alicyclic amines) is 1. The molecule has 1 saturated carbocycles. The lowest BCUT2D eigenvalue weighted by molar-refractivity contribution is -0.144. The van der Waals surface area contributed by atoms with Crippen LogP contribution in [0.2, 0.25) is 0 Å². The Balaban J connectivity index is 1.33. The molecule has 0 aromatic carbocycles. The quantitative estimate of drug-likeness (QED) is 0.919. The van der Waals surface area contributed by atoms with Crippen molar-refractivity contribution in [2.45, 2.75) is 50.7 Å². The van der Waals surface area contributed by atoms with Gasteiger partial charge in [0.1, 0.15) is 0 Å². The fourth-order valence-electron chi connectivity index (χ4n) is 4.09. The number of piperidine rings is 1. The minimum atomic E-state index is -0.0867. The molecule has 1 aromatic rings. The SMILES string of the molecule is C[C@@H]1C[C@@H]1C(=O)N1CCC2(CC1)C[C@H](Nc1ncccn1)CCO2. The molecule has 4 rings (SSSR count). The van der Waals surface area contributed by atoms with E-state index in [0.717, 1.165) is 51.8 Å². The van der Waals surface area contributed by atoms with Gasteiger partial charge in [0.05, 0.1) is 5.60 Å². The van der Waals surface area contributed by atoms with Crippen LogP contribution in [-0.2, 0) is 9.53 Å². The van der Waals surface area contributed by atoms with Gasteiger partial charge in [-0.2, -0.15) is 0 Å². The van der Waals surface area contributed by atoms with E-state index in [1.165, 1.54) is 0 Å². The molecule has 3 fully saturated rings. The molecule has 1 aliphatic carbocycles. The Bertz CT molecular complexity index is 586. The molecule has 2 aliphatic heterocycles. The second-order valence-corrected chi connectivity index (χ2v) is 7.58. The van der Waals surface area contributed by atoms with Crippen LogP contribution in [0.4, 0.5) is 5.95 Å². The van der Waals surface area contributed by atoms with Crippen molar-refractivity contribution >= 4 is 11.9 Å². The summed E-state index contributed by atoms with van der Waals surface area (Å²) in [7, 11) is 0. The summed E-state index contributed by atoms with van der Waals surface area (Å²) >= 11 is 0. The second kappa shape index (κ2) is 6.31. The van der Waals surface area contributed by atoms with Gasteiger partial charge in [-0.25, -0.2) is 9.97 Å². The van der Waals surface area contributed by atoms with E-state index >= 15 is 0 Å². The zero-order valence-corrected chi connectivity index (χ0v) is 14.3. The Morgan fingerprint density at radius 2 is 2.04 bits per heavy atom. The maximum atomic E-state index is 12.4. The van der Waals surface area contributed by atoms with E-state index in [0.29, 0.717) is 23.8 Å². The molecule has 1 amide bonds. The molecule has 0 unspecified atom stereocenters. The summed E-state index contributed by atoms with van der Waals surface area (Å²) in [5.74, 6) is 1.92. The lowest BCUT2D eigenvalue weighted by Gasteiger charge is -2.46. The van der Waals surface area contributed by atoms with Gasteiger partial charge in [0, 0.05) is 44.0 Å². The monoisotopic (exact) mass is 330 g/mol. The first kappa shape index (κ1) is 15.8. The normalized spacial score (nSPS) is 31.7. The number of carbonyl (C=O) groups excluding carboxylic acids is 1. The Morgan fingerprint density at radius 3 is 2.71 bits per heavy atom. The van der Waals surface area contributed by atoms with Gasteiger partial charge in [0.25, 0.3) is 0 Å². The molecule has 3 heterocycles. The largest absolute Gasteiger partial charge is 0.375 e. The number of hydrogen-bond acceptors (Lipinski definition) is 5. The molecule has 1 aromatic heterocycles. The molecule has 130 valence electrons. The molecular formula is C18H26N4O2. The first-order chi connectivity index (χ1) is 11.7. The molecule has 24 heavy (non-hydrogen) atoms. The molecule has 0 radical (unpaired) electrons. The van der Waals surface area contributed by atoms with Gasteiger partial charge in [-0.05, 0) is 44.1 Å². The molecule has 1 spiro atoms. The smallest absolute Gasteiger partial charge is 0.225 e. The highest BCUT2D eigenvalue weighted by atomic mass is 16.5. The first-order valence-electron chi connectivity index (χ1n) is 9.11. The average Bonchev–Trinajstić information content (AvgIpc) is 3.33. The van der Waals surface area contributed by atoms with Crippen molar-refractivity contribution in [2.75, 3.05) is 25.0 Å². The fourth-order valence-corrected chi connectivity index (χ4v) is 4.09. The molecule has 3 atom stereocenters. The van der Waals surface area contributed by atoms with E-state index in [-0.39, 0.29) is 11.5 Å². The highest BCUT2D eigenvalue weighted by Crippen LogP contribution is 2.41. The Kier molecular flexibility index (Phi) is 4.16. The summed E-state index contributed by atoms with van der Waals surface area (Å²) in [5.41, 5.74) is -0.0867. The molecular weight excluding hydrogens is 304 g/mol. The minimum Gasteiger partial charge on any atom is -0.375 e. The fraction of sp³-hybridized carbons (Fsp3) is 0.722. The minimum absolute atomic E-state index is 0.0867. The van der Waals surface area contributed by atoms with E-state index in [1.807, 2.05) is 6.07 Å². The predicted octanol–water partition coefficient (Wildman–Crippen LogP) is 2.08. The summed E-state index contributed by atoms with van der Waals surface area (Å²) < 4.78 is 6.18. The van der Waals surface area contributed by atoms with Crippen molar-refractivity contribution in [2.24, 2.45) is 11.8 Å². The van der Waals surface area contributed by atoms with Gasteiger partial charge in [-0.15, -0.1) is 0 Å². The molecule has 6 nitrogen and oxygen atoms in total. The highest BCUT2D eigenvalue weighted by molar-refractivity contribution is 5.81. The van der Waals surface area contributed by atoms with E-state index < -0.39 is 0 Å². The maximum Gasteiger partial charge on any atom is 0.225 e. The first-order valence-corrected chi connectivity index (χ1v) is 9.11. The van der Waals surface area contributed by atoms with Crippen LogP contribution in [0.1, 0.15) is 39.0 Å². The van der Waals surface area contributed by atoms with E-state index in [4.69, 9.17) is 4.74 Å². The molecule has 6 heteroatoms. The van der Waals surface area contributed by atoms with Crippen LogP contribution >= 0.6 is 0 Å². The summed E-state index contributed by atoms with van der Waals surface area (Å²) in [6.07, 6.45) is 8.40. The van der Waals surface area contributed by atoms with Gasteiger partial charge < -0.3 is 15.0 Å². The van der Waals surface area contributed by atoms with Crippen molar-refractivity contribution < 1.29 is 9.53 Å². The van der Waals surface area contributed by atoms with Gasteiger partial charge >= 0.3 is 0 Å². The van der Waals surface area contributed by atoms with Crippen LogP contribution in [0.3, 0.4) is 0 Å². The number of anilines is 1. The lowest BCUT2D eigenvalue weighted by atomic mass is 9.82. The highest BCUT2D eigenvalue weighted by Gasteiger charge is 2.45. The van der Waals surface area contributed by atoms with E-state index in [9.17, 15) is 4.79 Å². The second-order valence-electron chi connectivity index (χ2n) is 7.58. The predicted molar refractivity (Wildman–Crippen MR) is 90.4 cm³/mol. The molecule has 2 saturated heterocycles. The van der Waals surface area contributed by atoms with Crippen LogP contribution in [0.5, 0.6) is 0 Å². The third-order valence-electron chi connectivity index (χ3n) is 5.80. The maximum absolute atomic E-state index is 12.4. The third kappa shape index (κ3) is 3.24. The van der Waals surface area contributed by atoms with Crippen molar-refractivity contribution in [3.8, 4) is 0 Å². The van der Waals surface area contributed by atoms with Gasteiger partial charge in [0.2, 0.25) is 11.9 Å². The number of carbonyl (C=O) groups is 1. The Labute approximate surface area is 143 Å². The topological polar surface area (TPSA) is 67.4 Å². The van der Waals surface area contributed by atoms with Crippen molar-refractivity contribution in [1.29, 1.82) is 0 Å². The third-order valence-corrected chi connectivity index (χ3v) is 5.80. The average molecular weight is 330 g/mol. The summed E-state index contributed by atoms with van der Waals surface area (Å²) in [4.78, 5) is 23.0. The summed E-state index contributed by atoms with van der Waals surface area (Å²) in [6.45, 7) is 4.59. The van der Waals surface area contributed by atoms with E-state index in [2.05, 4.69) is 27.1 Å². The summed E-state index contributed by atoms with van der Waals surface area (Å²) in [5, 5.41) is 3.44. The van der Waals surface area contributed by atoms with Crippen LogP contribution in [0.25, 0.3) is 0 Å². The van der Waals surface area contributed by atoms with Crippen LogP contribution in [-0.4, -0.2) is 52.1 Å². The Hall–Kier alpha value is -1.69. The van der Waals surface area contributed by atoms with Crippen LogP contribution in [0, 0.1) is 11.8 Å². The zero-order chi connectivity index (χ0) is 16.6. The molecule has 3 aliphatic rings. The van der Waals surface area contributed by atoms with Crippen LogP contribution in [0.15, 0.2) is 18.5 Å². The number of nitrogens with zero attached hydrogens (tertiary/aromatic N) is 3. The Morgan fingerprint density at radius 1 is 1.33 bits per heavy atom. The van der Waals surface area contributed by atoms with Gasteiger partial charge in [-0.3, -0.25) is 4.79 Å². The van der Waals surface area contributed by atoms with Crippen molar-refractivity contribution in [3.05, 3.63) is 18.5 Å². The van der Waals surface area contributed by atoms with Crippen LogP contribution < -0.4 is 5.32 Å². The number of ether oxygens (including phenoxy) is 1. The van der Waals surface area contributed by atoms with Crippen molar-refractivity contribution in [1.82, 2.24) is 14.9 Å². The standard InChI is InChI=1S/C18H26N4O2/c1-13-11-15(13)16(23)22-8-4-18(5-9-22)12-14(3-10-24-18)21-17-19-6-2-7-20-17/h2,6-7,13-15H,3-5,8-12H2,1H3,(H,19,20,21)/t13-,14-,15+/m1/s1. The van der Waals surface area contributed by atoms with Gasteiger partial charge in [0.15, 0.2) is 0 Å². The van der Waals surface area contributed by atoms with Gasteiger partial charge in [-0.1, -0.05) is 6.92 Å². The van der Waals surface area contributed by atoms with Crippen molar-refractivity contribution in [3.63, 3.8) is 0 Å². The van der Waals surface area contributed by atoms with E-state index in [1.54, 1.807) is 12.4 Å². The number of rotatable bonds is 3.